The Kier molecular flexibility index (Phi) is 10.1. The molecule has 0 saturated heterocycles. The molecule has 0 heterocycles. The molecule has 0 aromatic heterocycles. The maximum absolute atomic E-state index is 12.9. The van der Waals surface area contributed by atoms with Crippen LogP contribution in [0.15, 0.2) is 88.9 Å². The minimum Gasteiger partial charge on any atom is -0.493 e. The van der Waals surface area contributed by atoms with Crippen LogP contribution in [0.2, 0.25) is 5.02 Å². The van der Waals surface area contributed by atoms with Gasteiger partial charge in [0, 0.05) is 10.2 Å². The van der Waals surface area contributed by atoms with Crippen molar-refractivity contribution in [2.45, 2.75) is 27.1 Å². The van der Waals surface area contributed by atoms with Crippen LogP contribution in [-0.2, 0) is 18.0 Å². The molecule has 41 heavy (non-hydrogen) atoms. The molecular weight excluding hydrogens is 604 g/mol. The number of halogens is 2. The van der Waals surface area contributed by atoms with E-state index in [0.717, 1.165) is 15.6 Å². The number of amides is 1. The second-order valence-electron chi connectivity index (χ2n) is 9.30. The molecule has 4 rings (SSSR count). The first-order valence-electron chi connectivity index (χ1n) is 12.7. The molecular formula is C33H28BrClN2O4. The highest BCUT2D eigenvalue weighted by Gasteiger charge is 2.15. The van der Waals surface area contributed by atoms with Crippen molar-refractivity contribution in [2.75, 3.05) is 12.4 Å². The minimum atomic E-state index is -0.554. The summed E-state index contributed by atoms with van der Waals surface area (Å²) >= 11 is 9.94. The van der Waals surface area contributed by atoms with Gasteiger partial charge < -0.3 is 19.5 Å². The molecule has 6 nitrogen and oxygen atoms in total. The third kappa shape index (κ3) is 8.14. The lowest BCUT2D eigenvalue weighted by molar-refractivity contribution is -0.112. The van der Waals surface area contributed by atoms with Crippen molar-refractivity contribution in [3.63, 3.8) is 0 Å². The fourth-order valence-corrected chi connectivity index (χ4v) is 4.45. The number of nitriles is 1. The maximum Gasteiger partial charge on any atom is 0.266 e. The smallest absolute Gasteiger partial charge is 0.266 e. The molecule has 0 unspecified atom stereocenters. The zero-order chi connectivity index (χ0) is 29.4. The molecule has 0 spiro atoms. The lowest BCUT2D eigenvalue weighted by Crippen LogP contribution is -2.13. The van der Waals surface area contributed by atoms with Crippen LogP contribution in [0.5, 0.6) is 17.2 Å². The number of nitrogens with one attached hydrogen (secondary N) is 1. The van der Waals surface area contributed by atoms with E-state index in [-0.39, 0.29) is 5.57 Å². The van der Waals surface area contributed by atoms with E-state index in [0.29, 0.717) is 46.7 Å². The Labute approximate surface area is 253 Å². The van der Waals surface area contributed by atoms with E-state index in [4.69, 9.17) is 25.8 Å². The van der Waals surface area contributed by atoms with E-state index in [9.17, 15) is 10.1 Å². The molecule has 208 valence electrons. The first kappa shape index (κ1) is 29.7. The predicted molar refractivity (Wildman–Crippen MR) is 165 cm³/mol. The van der Waals surface area contributed by atoms with Crippen LogP contribution < -0.4 is 19.5 Å². The van der Waals surface area contributed by atoms with Gasteiger partial charge in [0.05, 0.1) is 12.1 Å². The van der Waals surface area contributed by atoms with Crippen LogP contribution in [0, 0.1) is 25.2 Å². The SMILES string of the molecule is COc1cc(/C=C(\C#N)C(=O)Nc2ccc(OCc3ccc(Br)cc3)cc2)cc(Cl)c1OCc1ccc(C)c(C)c1. The van der Waals surface area contributed by atoms with Crippen molar-refractivity contribution in [2.24, 2.45) is 0 Å². The van der Waals surface area contributed by atoms with Crippen molar-refractivity contribution in [1.82, 2.24) is 0 Å². The Morgan fingerprint density at radius 1 is 0.927 bits per heavy atom. The van der Waals surface area contributed by atoms with Gasteiger partial charge in [-0.2, -0.15) is 5.26 Å². The molecule has 0 aliphatic heterocycles. The summed E-state index contributed by atoms with van der Waals surface area (Å²) in [4.78, 5) is 12.9. The van der Waals surface area contributed by atoms with E-state index in [2.05, 4.69) is 34.2 Å². The van der Waals surface area contributed by atoms with E-state index >= 15 is 0 Å². The number of hydrogen-bond acceptors (Lipinski definition) is 5. The second kappa shape index (κ2) is 13.9. The second-order valence-corrected chi connectivity index (χ2v) is 10.6. The number of benzene rings is 4. The summed E-state index contributed by atoms with van der Waals surface area (Å²) in [7, 11) is 1.51. The number of nitrogens with zero attached hydrogens (tertiary/aromatic N) is 1. The summed E-state index contributed by atoms with van der Waals surface area (Å²) in [6.45, 7) is 4.83. The van der Waals surface area contributed by atoms with E-state index in [1.54, 1.807) is 36.4 Å². The molecule has 0 saturated carbocycles. The highest BCUT2D eigenvalue weighted by atomic mass is 79.9. The Morgan fingerprint density at radius 2 is 1.61 bits per heavy atom. The van der Waals surface area contributed by atoms with Gasteiger partial charge in [0.15, 0.2) is 11.5 Å². The standard InChI is InChI=1S/C33H28BrClN2O4/c1-21-4-5-24(14-22(21)2)20-41-32-30(35)16-25(17-31(32)39-3)15-26(18-36)33(38)37-28-10-12-29(13-11-28)40-19-23-6-8-27(34)9-7-23/h4-17H,19-20H2,1-3H3,(H,37,38)/b26-15+. The maximum atomic E-state index is 12.9. The molecule has 1 N–H and O–H groups in total. The fraction of sp³-hybridized carbons (Fsp3) is 0.152. The van der Waals surface area contributed by atoms with Crippen LogP contribution in [-0.4, -0.2) is 13.0 Å². The van der Waals surface area contributed by atoms with Gasteiger partial charge in [0.25, 0.3) is 5.91 Å². The van der Waals surface area contributed by atoms with Crippen LogP contribution >= 0.6 is 27.5 Å². The van der Waals surface area contributed by atoms with Crippen LogP contribution in [0.4, 0.5) is 5.69 Å². The Balaban J connectivity index is 1.41. The predicted octanol–water partition coefficient (Wildman–Crippen LogP) is 8.43. The summed E-state index contributed by atoms with van der Waals surface area (Å²) in [6, 6.07) is 26.2. The molecule has 4 aromatic carbocycles. The minimum absolute atomic E-state index is 0.0949. The first-order valence-corrected chi connectivity index (χ1v) is 13.9. The van der Waals surface area contributed by atoms with Crippen molar-refractivity contribution >= 4 is 45.2 Å². The number of carbonyl (C=O) groups excluding carboxylic acids is 1. The summed E-state index contributed by atoms with van der Waals surface area (Å²) in [5.41, 5.74) is 5.37. The number of hydrogen-bond donors (Lipinski definition) is 1. The number of ether oxygens (including phenoxy) is 3. The zero-order valence-electron chi connectivity index (χ0n) is 22.8. The highest BCUT2D eigenvalue weighted by molar-refractivity contribution is 9.10. The average molecular weight is 632 g/mol. The molecule has 0 aliphatic carbocycles. The van der Waals surface area contributed by atoms with E-state index < -0.39 is 5.91 Å². The number of aryl methyl sites for hydroxylation is 2. The van der Waals surface area contributed by atoms with Crippen molar-refractivity contribution < 1.29 is 19.0 Å². The number of carbonyl (C=O) groups is 1. The third-order valence-electron chi connectivity index (χ3n) is 6.31. The van der Waals surface area contributed by atoms with Gasteiger partial charge in [-0.05, 0) is 96.3 Å². The average Bonchev–Trinajstić information content (AvgIpc) is 2.97. The summed E-state index contributed by atoms with van der Waals surface area (Å²) in [5.74, 6) is 0.878. The molecule has 0 radical (unpaired) electrons. The zero-order valence-corrected chi connectivity index (χ0v) is 25.2. The van der Waals surface area contributed by atoms with Crippen LogP contribution in [0.3, 0.4) is 0 Å². The van der Waals surface area contributed by atoms with Gasteiger partial charge in [-0.3, -0.25) is 4.79 Å². The quantitative estimate of drug-likeness (QED) is 0.140. The van der Waals surface area contributed by atoms with E-state index in [1.807, 2.05) is 49.4 Å². The summed E-state index contributed by atoms with van der Waals surface area (Å²) < 4.78 is 18.3. The molecule has 0 fully saturated rings. The Morgan fingerprint density at radius 3 is 2.27 bits per heavy atom. The van der Waals surface area contributed by atoms with E-state index in [1.165, 1.54) is 24.3 Å². The number of methoxy groups -OCH3 is 1. The monoisotopic (exact) mass is 630 g/mol. The van der Waals surface area contributed by atoms with Gasteiger partial charge in [-0.15, -0.1) is 0 Å². The number of anilines is 1. The topological polar surface area (TPSA) is 80.6 Å². The molecule has 0 bridgehead atoms. The van der Waals surface area contributed by atoms with Crippen molar-refractivity contribution in [3.8, 4) is 23.3 Å². The largest absolute Gasteiger partial charge is 0.493 e. The lowest BCUT2D eigenvalue weighted by Gasteiger charge is -2.14. The molecule has 0 aliphatic rings. The molecule has 8 heteroatoms. The fourth-order valence-electron chi connectivity index (χ4n) is 3.91. The number of rotatable bonds is 10. The van der Waals surface area contributed by atoms with Gasteiger partial charge in [0.2, 0.25) is 0 Å². The summed E-state index contributed by atoms with van der Waals surface area (Å²) in [5, 5.41) is 12.7. The van der Waals surface area contributed by atoms with Crippen molar-refractivity contribution in [3.05, 3.63) is 122 Å². The first-order chi connectivity index (χ1) is 19.7. The highest BCUT2D eigenvalue weighted by Crippen LogP contribution is 2.37. The van der Waals surface area contributed by atoms with Gasteiger partial charge in [0.1, 0.15) is 30.6 Å². The normalized spacial score (nSPS) is 11.0. The lowest BCUT2D eigenvalue weighted by atomic mass is 10.1. The summed E-state index contributed by atoms with van der Waals surface area (Å²) in [6.07, 6.45) is 1.45. The molecule has 1 amide bonds. The van der Waals surface area contributed by atoms with Crippen LogP contribution in [0.1, 0.15) is 27.8 Å². The Hall–Kier alpha value is -4.25. The van der Waals surface area contributed by atoms with Gasteiger partial charge in [-0.25, -0.2) is 0 Å². The molecule has 0 atom stereocenters. The van der Waals surface area contributed by atoms with Crippen LogP contribution in [0.25, 0.3) is 6.08 Å². The third-order valence-corrected chi connectivity index (χ3v) is 7.12. The van der Waals surface area contributed by atoms with Gasteiger partial charge >= 0.3 is 0 Å². The Bertz CT molecular complexity index is 1610. The van der Waals surface area contributed by atoms with Crippen molar-refractivity contribution in [1.29, 1.82) is 5.26 Å². The molecule has 4 aromatic rings. The van der Waals surface area contributed by atoms with Gasteiger partial charge in [-0.1, -0.05) is 57.9 Å².